The maximum absolute atomic E-state index is 14.0. The summed E-state index contributed by atoms with van der Waals surface area (Å²) in [6.07, 6.45) is 20.4. The standard InChI is InChI=1S/C50H79N11O10/c1-4-5-6-7-8-9-10-11-12-13-14-15-16-17-18-22-27-54-42-43(45(67)44(42)66)56-31-38(62)59-37(29-34-24-20-19-21-25-34)48(70)61-41(33(2)3)49(71)60-35(26-23-28-55-50(52)53)47(69)57-32-39(63)58-36(46(51)68)30-40(64)65/h12-13,19-21,24-25,33,35-37,41,54,56H,4-11,14-18,22-23,26-32H2,1-3H3,(H2,51,68)(H,57,69)(H,58,63)(H,59,62)(H,60,71)(H,61,70)(H,64,65)(H4,52,53,55)/b13-12-/t35-,36-,37?,41?/m0/s1. The van der Waals surface area contributed by atoms with Crippen LogP contribution in [0.15, 0.2) is 57.1 Å². The number of amides is 6. The lowest BCUT2D eigenvalue weighted by Crippen LogP contribution is -2.59. The summed E-state index contributed by atoms with van der Waals surface area (Å²) in [4.78, 5) is 119. The maximum atomic E-state index is 14.0. The number of hydrogen-bond donors (Lipinski definition) is 11. The van der Waals surface area contributed by atoms with Crippen molar-refractivity contribution in [1.82, 2.24) is 26.6 Å². The first-order valence-corrected chi connectivity index (χ1v) is 25.0. The van der Waals surface area contributed by atoms with Gasteiger partial charge in [0.2, 0.25) is 35.4 Å². The number of hydrogen-bond acceptors (Lipinski definition) is 12. The number of nitrogens with zero attached hydrogens (tertiary/aromatic N) is 1. The Kier molecular flexibility index (Phi) is 29.3. The van der Waals surface area contributed by atoms with Crippen LogP contribution < -0.4 is 65.3 Å². The van der Waals surface area contributed by atoms with Gasteiger partial charge in [0, 0.05) is 19.5 Å². The second kappa shape index (κ2) is 34.5. The molecule has 2 unspecified atom stereocenters. The van der Waals surface area contributed by atoms with E-state index in [9.17, 15) is 43.2 Å². The number of benzene rings is 1. The fraction of sp³-hybridized carbons (Fsp3) is 0.600. The molecule has 2 aromatic carbocycles. The molecule has 6 amide bonds. The molecule has 21 heteroatoms. The number of carboxylic acids is 1. The molecule has 394 valence electrons. The lowest BCUT2D eigenvalue weighted by Gasteiger charge is -2.27. The van der Waals surface area contributed by atoms with E-state index in [0.717, 1.165) is 44.9 Å². The molecule has 71 heavy (non-hydrogen) atoms. The molecular formula is C50H79N11O10. The molecule has 0 fully saturated rings. The van der Waals surface area contributed by atoms with Crippen molar-refractivity contribution in [2.24, 2.45) is 28.1 Å². The highest BCUT2D eigenvalue weighted by atomic mass is 16.4. The summed E-state index contributed by atoms with van der Waals surface area (Å²) in [5, 5.41) is 27.2. The first-order chi connectivity index (χ1) is 33.9. The second-order valence-corrected chi connectivity index (χ2v) is 18.0. The third-order valence-electron chi connectivity index (χ3n) is 11.6. The van der Waals surface area contributed by atoms with E-state index in [-0.39, 0.29) is 43.1 Å². The van der Waals surface area contributed by atoms with Gasteiger partial charge in [-0.2, -0.15) is 0 Å². The Labute approximate surface area is 416 Å². The number of carbonyl (C=O) groups excluding carboxylic acids is 6. The summed E-state index contributed by atoms with van der Waals surface area (Å²) >= 11 is 0. The van der Waals surface area contributed by atoms with Crippen molar-refractivity contribution in [3.63, 3.8) is 0 Å². The smallest absolute Gasteiger partial charge is 0.305 e. The van der Waals surface area contributed by atoms with Gasteiger partial charge >= 0.3 is 5.97 Å². The zero-order valence-electron chi connectivity index (χ0n) is 41.8. The minimum absolute atomic E-state index is 0.00867. The average Bonchev–Trinajstić information content (AvgIpc) is 3.32. The topological polar surface area (TPSA) is 348 Å². The van der Waals surface area contributed by atoms with Crippen molar-refractivity contribution in [3.8, 4) is 0 Å². The molecule has 0 radical (unpaired) electrons. The predicted octanol–water partition coefficient (Wildman–Crippen LogP) is 2.11. The van der Waals surface area contributed by atoms with Crippen LogP contribution in [0, 0.1) is 5.92 Å². The highest BCUT2D eigenvalue weighted by Gasteiger charge is 2.32. The molecule has 0 heterocycles. The number of rotatable bonds is 39. The summed E-state index contributed by atoms with van der Waals surface area (Å²) in [5.41, 5.74) is 15.4. The van der Waals surface area contributed by atoms with Crippen molar-refractivity contribution >= 4 is 58.7 Å². The van der Waals surface area contributed by atoms with E-state index in [0.29, 0.717) is 12.1 Å². The van der Waals surface area contributed by atoms with Gasteiger partial charge in [0.05, 0.1) is 19.5 Å². The van der Waals surface area contributed by atoms with E-state index in [1.165, 1.54) is 44.9 Å². The Morgan fingerprint density at radius 3 is 1.77 bits per heavy atom. The van der Waals surface area contributed by atoms with Gasteiger partial charge in [0.15, 0.2) is 5.96 Å². The first-order valence-electron chi connectivity index (χ1n) is 25.0. The van der Waals surface area contributed by atoms with Gasteiger partial charge in [0.1, 0.15) is 35.5 Å². The molecule has 0 aromatic heterocycles. The summed E-state index contributed by atoms with van der Waals surface area (Å²) in [6, 6.07) is 3.49. The highest BCUT2D eigenvalue weighted by molar-refractivity contribution is 5.96. The second-order valence-electron chi connectivity index (χ2n) is 18.0. The number of anilines is 2. The number of carbonyl (C=O) groups is 7. The third kappa shape index (κ3) is 25.1. The maximum Gasteiger partial charge on any atom is 0.305 e. The number of nitrogens with one attached hydrogen (secondary N) is 7. The van der Waals surface area contributed by atoms with Crippen molar-refractivity contribution in [1.29, 1.82) is 0 Å². The van der Waals surface area contributed by atoms with E-state index in [1.807, 2.05) is 0 Å². The summed E-state index contributed by atoms with van der Waals surface area (Å²) in [6.45, 7) is 4.94. The molecule has 14 N–H and O–H groups in total. The number of guanidine groups is 1. The van der Waals surface area contributed by atoms with Crippen LogP contribution in [-0.4, -0.2) is 103 Å². The molecule has 4 atom stereocenters. The van der Waals surface area contributed by atoms with E-state index in [2.05, 4.69) is 61.3 Å². The van der Waals surface area contributed by atoms with Gasteiger partial charge in [-0.05, 0) is 56.4 Å². The van der Waals surface area contributed by atoms with Gasteiger partial charge in [-0.25, -0.2) is 0 Å². The molecule has 0 aliphatic heterocycles. The molecule has 0 spiro atoms. The highest BCUT2D eigenvalue weighted by Crippen LogP contribution is 2.16. The van der Waals surface area contributed by atoms with Crippen molar-refractivity contribution < 1.29 is 38.7 Å². The van der Waals surface area contributed by atoms with Crippen molar-refractivity contribution in [2.75, 3.05) is 36.8 Å². The third-order valence-corrected chi connectivity index (χ3v) is 11.6. The number of carboxylic acid groups (broad SMARTS) is 1. The number of nitrogens with two attached hydrogens (primary N) is 3. The minimum Gasteiger partial charge on any atom is -0.481 e. The minimum atomic E-state index is -1.54. The molecular weight excluding hydrogens is 915 g/mol. The van der Waals surface area contributed by atoms with Crippen LogP contribution >= 0.6 is 0 Å². The lowest BCUT2D eigenvalue weighted by atomic mass is 10.00. The normalized spacial score (nSPS) is 12.8. The zero-order valence-corrected chi connectivity index (χ0v) is 41.8. The number of unbranched alkanes of at least 4 members (excludes halogenated alkanes) is 12. The molecule has 0 aliphatic rings. The largest absolute Gasteiger partial charge is 0.481 e. The molecule has 2 rings (SSSR count). The molecule has 2 aromatic rings. The van der Waals surface area contributed by atoms with Gasteiger partial charge in [0.25, 0.3) is 10.9 Å². The predicted molar refractivity (Wildman–Crippen MR) is 275 cm³/mol. The van der Waals surface area contributed by atoms with Crippen LogP contribution in [-0.2, 0) is 40.0 Å². The number of allylic oxidation sites excluding steroid dienone is 2. The summed E-state index contributed by atoms with van der Waals surface area (Å²) in [5.74, 6) is -7.20. The van der Waals surface area contributed by atoms with E-state index >= 15 is 0 Å². The average molecular weight is 994 g/mol. The number of aliphatic imine (C=N–C) groups is 1. The van der Waals surface area contributed by atoms with Crippen LogP contribution in [0.25, 0.3) is 0 Å². The summed E-state index contributed by atoms with van der Waals surface area (Å²) < 4.78 is 0. The van der Waals surface area contributed by atoms with Gasteiger partial charge < -0.3 is 59.5 Å². The van der Waals surface area contributed by atoms with E-state index in [1.54, 1.807) is 44.2 Å². The van der Waals surface area contributed by atoms with Crippen molar-refractivity contribution in [3.05, 3.63) is 68.5 Å². The van der Waals surface area contributed by atoms with Crippen molar-refractivity contribution in [2.45, 2.75) is 161 Å². The number of primary amides is 1. The molecule has 0 saturated carbocycles. The van der Waals surface area contributed by atoms with E-state index in [4.69, 9.17) is 22.3 Å². The van der Waals surface area contributed by atoms with Crippen LogP contribution in [0.4, 0.5) is 11.4 Å². The first kappa shape index (κ1) is 60.3. The summed E-state index contributed by atoms with van der Waals surface area (Å²) in [7, 11) is 0. The number of aliphatic carboxylic acids is 1. The van der Waals surface area contributed by atoms with Gasteiger partial charge in [-0.3, -0.25) is 48.1 Å². The molecule has 0 bridgehead atoms. The Bertz CT molecular complexity index is 2120. The fourth-order valence-electron chi connectivity index (χ4n) is 7.54. The fourth-order valence-corrected chi connectivity index (χ4v) is 7.54. The zero-order chi connectivity index (χ0) is 52.6. The van der Waals surface area contributed by atoms with E-state index < -0.39 is 102 Å². The van der Waals surface area contributed by atoms with Gasteiger partial charge in [-0.1, -0.05) is 121 Å². The molecule has 0 aliphatic carbocycles. The Hall–Kier alpha value is -6.80. The molecule has 21 nitrogen and oxygen atoms in total. The van der Waals surface area contributed by atoms with Crippen LogP contribution in [0.3, 0.4) is 0 Å². The van der Waals surface area contributed by atoms with Crippen LogP contribution in [0.2, 0.25) is 0 Å². The molecule has 0 saturated heterocycles. The van der Waals surface area contributed by atoms with Gasteiger partial charge in [-0.15, -0.1) is 0 Å². The van der Waals surface area contributed by atoms with Crippen LogP contribution in [0.5, 0.6) is 0 Å². The van der Waals surface area contributed by atoms with Crippen LogP contribution in [0.1, 0.15) is 135 Å². The Balaban J connectivity index is 2.01. The Morgan fingerprint density at radius 1 is 0.634 bits per heavy atom. The lowest BCUT2D eigenvalue weighted by molar-refractivity contribution is -0.140. The SMILES string of the molecule is CCCCCCCCC/C=C\CCCCCCCNc1c(NCC(=O)NC(Cc2ccccc2)C(=O)NC(C(=O)N[C@@H](CCCN=C(N)N)C(=O)NCC(=O)N[C@@H](CC(=O)O)C(N)=O)C(C)C)c(=O)c1=O. The monoisotopic (exact) mass is 994 g/mol. The Morgan fingerprint density at radius 2 is 1.20 bits per heavy atom. The quantitative estimate of drug-likeness (QED) is 0.0150.